The van der Waals surface area contributed by atoms with Gasteiger partial charge in [-0.15, -0.1) is 0 Å². The average molecular weight is 277 g/mol. The largest absolute Gasteiger partial charge is 0.503 e. The molecular formula is C12H11F4NO2. The number of carbonyl (C=O) groups is 1. The van der Waals surface area contributed by atoms with Crippen LogP contribution in [0.15, 0.2) is 0 Å². The van der Waals surface area contributed by atoms with Gasteiger partial charge in [-0.25, -0.2) is 8.78 Å². The van der Waals surface area contributed by atoms with Crippen LogP contribution in [0.5, 0.6) is 5.75 Å². The third kappa shape index (κ3) is 2.24. The molecule has 0 bridgehead atoms. The van der Waals surface area contributed by atoms with Crippen LogP contribution in [0.1, 0.15) is 29.6 Å². The average Bonchev–Trinajstić information content (AvgIpc) is 2.44. The van der Waals surface area contributed by atoms with Crippen molar-refractivity contribution in [2.24, 2.45) is 0 Å². The minimum atomic E-state index is -1.96. The second-order valence-electron chi connectivity index (χ2n) is 4.33. The third-order valence-electron chi connectivity index (χ3n) is 3.10. The van der Waals surface area contributed by atoms with Gasteiger partial charge in [0.1, 0.15) is 5.56 Å². The van der Waals surface area contributed by atoms with Gasteiger partial charge in [0.15, 0.2) is 17.4 Å². The highest BCUT2D eigenvalue weighted by Crippen LogP contribution is 2.30. The van der Waals surface area contributed by atoms with Crippen molar-refractivity contribution in [1.82, 2.24) is 4.90 Å². The summed E-state index contributed by atoms with van der Waals surface area (Å²) < 4.78 is 53.4. The molecule has 104 valence electrons. The minimum absolute atomic E-state index is 0.280. The van der Waals surface area contributed by atoms with Crippen LogP contribution in [-0.2, 0) is 0 Å². The summed E-state index contributed by atoms with van der Waals surface area (Å²) in [5, 5.41) is 8.83. The fourth-order valence-corrected chi connectivity index (χ4v) is 2.06. The number of rotatable bonds is 1. The molecule has 1 saturated heterocycles. The van der Waals surface area contributed by atoms with Crippen LogP contribution < -0.4 is 0 Å². The fourth-order valence-electron chi connectivity index (χ4n) is 2.06. The van der Waals surface area contributed by atoms with Gasteiger partial charge in [0.2, 0.25) is 11.6 Å². The normalized spacial score (nSPS) is 15.7. The van der Waals surface area contributed by atoms with Gasteiger partial charge in [-0.2, -0.15) is 8.78 Å². The molecule has 19 heavy (non-hydrogen) atoms. The van der Waals surface area contributed by atoms with Gasteiger partial charge in [-0.3, -0.25) is 4.79 Å². The number of aromatic hydroxyl groups is 1. The lowest BCUT2D eigenvalue weighted by molar-refractivity contribution is 0.0711. The van der Waals surface area contributed by atoms with E-state index in [0.29, 0.717) is 12.8 Å². The van der Waals surface area contributed by atoms with E-state index in [1.54, 1.807) is 0 Å². The molecule has 2 rings (SSSR count). The molecule has 1 amide bonds. The molecule has 0 saturated carbocycles. The molecular weight excluding hydrogens is 266 g/mol. The second-order valence-corrected chi connectivity index (χ2v) is 4.33. The number of piperidine rings is 1. The number of phenolic OH excluding ortho intramolecular Hbond substituents is 1. The maximum absolute atomic E-state index is 13.5. The predicted octanol–water partition coefficient (Wildman–Crippen LogP) is 2.57. The van der Waals surface area contributed by atoms with E-state index in [0.717, 1.165) is 11.3 Å². The zero-order chi connectivity index (χ0) is 14.2. The molecule has 1 N–H and O–H groups in total. The molecule has 3 nitrogen and oxygen atoms in total. The maximum atomic E-state index is 13.5. The lowest BCUT2D eigenvalue weighted by Gasteiger charge is -2.27. The van der Waals surface area contributed by atoms with Crippen LogP contribution in [0.3, 0.4) is 0 Å². The van der Waals surface area contributed by atoms with Crippen molar-refractivity contribution >= 4 is 5.91 Å². The first-order valence-electron chi connectivity index (χ1n) is 5.79. The summed E-state index contributed by atoms with van der Waals surface area (Å²) in [7, 11) is 0. The van der Waals surface area contributed by atoms with Crippen molar-refractivity contribution in [3.05, 3.63) is 28.8 Å². The molecule has 0 spiro atoms. The SMILES string of the molecule is O=C(c1c(F)c(F)c(O)c(F)c1F)N1CCCCC1. The number of hydrogen-bond donors (Lipinski definition) is 1. The van der Waals surface area contributed by atoms with E-state index in [-0.39, 0.29) is 13.1 Å². The lowest BCUT2D eigenvalue weighted by Crippen LogP contribution is -2.37. The Morgan fingerprint density at radius 2 is 1.37 bits per heavy atom. The molecule has 7 heteroatoms. The number of hydrogen-bond acceptors (Lipinski definition) is 2. The Kier molecular flexibility index (Phi) is 3.64. The van der Waals surface area contributed by atoms with E-state index in [1.165, 1.54) is 0 Å². The highest BCUT2D eigenvalue weighted by molar-refractivity contribution is 5.95. The van der Waals surface area contributed by atoms with Gasteiger partial charge in [0.25, 0.3) is 5.91 Å². The predicted molar refractivity (Wildman–Crippen MR) is 57.7 cm³/mol. The Morgan fingerprint density at radius 3 is 1.84 bits per heavy atom. The number of carbonyl (C=O) groups excluding carboxylic acids is 1. The topological polar surface area (TPSA) is 40.5 Å². The van der Waals surface area contributed by atoms with Gasteiger partial charge in [0, 0.05) is 13.1 Å². The first-order chi connectivity index (χ1) is 8.95. The quantitative estimate of drug-likeness (QED) is 0.633. The lowest BCUT2D eigenvalue weighted by atomic mass is 10.1. The van der Waals surface area contributed by atoms with Gasteiger partial charge in [-0.05, 0) is 19.3 Å². The number of likely N-dealkylation sites (tertiary alicyclic amines) is 1. The van der Waals surface area contributed by atoms with E-state index in [4.69, 9.17) is 5.11 Å². The summed E-state index contributed by atoms with van der Waals surface area (Å²) in [4.78, 5) is 13.0. The summed E-state index contributed by atoms with van der Waals surface area (Å²) in [5.41, 5.74) is -1.30. The van der Waals surface area contributed by atoms with E-state index in [1.807, 2.05) is 0 Å². The van der Waals surface area contributed by atoms with Crippen molar-refractivity contribution in [3.8, 4) is 5.75 Å². The van der Waals surface area contributed by atoms with Gasteiger partial charge in [-0.1, -0.05) is 0 Å². The highest BCUT2D eigenvalue weighted by Gasteiger charge is 2.32. The van der Waals surface area contributed by atoms with Crippen LogP contribution in [-0.4, -0.2) is 29.0 Å². The Hall–Kier alpha value is -1.79. The Morgan fingerprint density at radius 1 is 0.895 bits per heavy atom. The second kappa shape index (κ2) is 5.07. The number of amides is 1. The van der Waals surface area contributed by atoms with Crippen LogP contribution in [0.4, 0.5) is 17.6 Å². The highest BCUT2D eigenvalue weighted by atomic mass is 19.2. The van der Waals surface area contributed by atoms with Crippen molar-refractivity contribution in [2.45, 2.75) is 19.3 Å². The van der Waals surface area contributed by atoms with E-state index < -0.39 is 40.5 Å². The van der Waals surface area contributed by atoms with E-state index in [2.05, 4.69) is 0 Å². The first-order valence-corrected chi connectivity index (χ1v) is 5.79. The number of benzene rings is 1. The van der Waals surface area contributed by atoms with Crippen LogP contribution >= 0.6 is 0 Å². The van der Waals surface area contributed by atoms with Gasteiger partial charge in [0.05, 0.1) is 0 Å². The molecule has 1 aliphatic heterocycles. The number of halogens is 4. The first kappa shape index (κ1) is 13.6. The number of nitrogens with zero attached hydrogens (tertiary/aromatic N) is 1. The van der Waals surface area contributed by atoms with Crippen molar-refractivity contribution in [2.75, 3.05) is 13.1 Å². The smallest absolute Gasteiger partial charge is 0.260 e. The molecule has 0 atom stereocenters. The van der Waals surface area contributed by atoms with Gasteiger partial charge >= 0.3 is 0 Å². The maximum Gasteiger partial charge on any atom is 0.260 e. The summed E-state index contributed by atoms with van der Waals surface area (Å²) in [6.45, 7) is 0.559. The molecule has 1 fully saturated rings. The molecule has 0 aliphatic carbocycles. The van der Waals surface area contributed by atoms with Crippen molar-refractivity contribution in [3.63, 3.8) is 0 Å². The molecule has 1 aliphatic rings. The Bertz CT molecular complexity index is 498. The van der Waals surface area contributed by atoms with Crippen LogP contribution in [0.25, 0.3) is 0 Å². The minimum Gasteiger partial charge on any atom is -0.503 e. The zero-order valence-corrected chi connectivity index (χ0v) is 9.85. The van der Waals surface area contributed by atoms with Crippen LogP contribution in [0.2, 0.25) is 0 Å². The standard InChI is InChI=1S/C12H11F4NO2/c13-7-6(8(14)10(16)11(18)9(7)15)12(19)17-4-2-1-3-5-17/h18H,1-5H2. The summed E-state index contributed by atoms with van der Waals surface area (Å²) >= 11 is 0. The van der Waals surface area contributed by atoms with E-state index in [9.17, 15) is 22.4 Å². The monoisotopic (exact) mass is 277 g/mol. The third-order valence-corrected chi connectivity index (χ3v) is 3.10. The van der Waals surface area contributed by atoms with E-state index >= 15 is 0 Å². The summed E-state index contributed by atoms with van der Waals surface area (Å²) in [5.74, 6) is -10.5. The summed E-state index contributed by atoms with van der Waals surface area (Å²) in [6, 6.07) is 0. The van der Waals surface area contributed by atoms with Gasteiger partial charge < -0.3 is 10.0 Å². The molecule has 0 aromatic heterocycles. The molecule has 0 unspecified atom stereocenters. The zero-order valence-electron chi connectivity index (χ0n) is 9.85. The number of phenols is 1. The molecule has 0 radical (unpaired) electrons. The summed E-state index contributed by atoms with van der Waals surface area (Å²) in [6.07, 6.45) is 2.21. The fraction of sp³-hybridized carbons (Fsp3) is 0.417. The molecule has 1 aromatic rings. The molecule has 1 heterocycles. The molecule has 1 aromatic carbocycles. The van der Waals surface area contributed by atoms with Crippen molar-refractivity contribution < 1.29 is 27.5 Å². The van der Waals surface area contributed by atoms with Crippen molar-refractivity contribution in [1.29, 1.82) is 0 Å². The van der Waals surface area contributed by atoms with Crippen LogP contribution in [0, 0.1) is 23.3 Å². The Balaban J connectivity index is 2.47. The Labute approximate surface area is 106 Å².